The Morgan fingerprint density at radius 2 is 1.54 bits per heavy atom. The molecule has 2 fully saturated rings. The normalized spacial score (nSPS) is 20.0. The highest BCUT2D eigenvalue weighted by Crippen LogP contribution is 2.28. The lowest BCUT2D eigenvalue weighted by Gasteiger charge is -2.37. The molecule has 0 spiro atoms. The lowest BCUT2D eigenvalue weighted by atomic mass is 10.1. The van der Waals surface area contributed by atoms with Crippen LogP contribution in [0.1, 0.15) is 17.5 Å². The highest BCUT2D eigenvalue weighted by atomic mass is 16.2. The molecule has 4 rings (SSSR count). The average Bonchev–Trinajstić information content (AvgIpc) is 3.09. The molecule has 0 aromatic heterocycles. The smallest absolute Gasteiger partial charge is 0.228 e. The molecule has 146 valence electrons. The van der Waals surface area contributed by atoms with Gasteiger partial charge < -0.3 is 14.7 Å². The molecule has 0 saturated carbocycles. The Balaban J connectivity index is 1.39. The van der Waals surface area contributed by atoms with Crippen LogP contribution in [0.5, 0.6) is 0 Å². The fourth-order valence-corrected chi connectivity index (χ4v) is 4.31. The van der Waals surface area contributed by atoms with Gasteiger partial charge in [-0.1, -0.05) is 24.3 Å². The van der Waals surface area contributed by atoms with E-state index >= 15 is 0 Å². The molecule has 1 atom stereocenters. The first-order valence-electron chi connectivity index (χ1n) is 9.99. The largest absolute Gasteiger partial charge is 0.368 e. The maximum atomic E-state index is 13.0. The minimum absolute atomic E-state index is 0.0475. The first-order chi connectivity index (χ1) is 13.5. The minimum atomic E-state index is -0.239. The zero-order valence-corrected chi connectivity index (χ0v) is 16.6. The molecule has 2 aliphatic heterocycles. The van der Waals surface area contributed by atoms with Crippen molar-refractivity contribution >= 4 is 23.2 Å². The second kappa shape index (κ2) is 7.66. The number of rotatable bonds is 3. The summed E-state index contributed by atoms with van der Waals surface area (Å²) in [7, 11) is 0. The van der Waals surface area contributed by atoms with Gasteiger partial charge in [0.2, 0.25) is 11.8 Å². The summed E-state index contributed by atoms with van der Waals surface area (Å²) >= 11 is 0. The van der Waals surface area contributed by atoms with Crippen LogP contribution in [0.15, 0.2) is 48.5 Å². The fourth-order valence-electron chi connectivity index (χ4n) is 4.31. The SMILES string of the molecule is Cc1cc(C)cc(N2CC(C(=O)N3CCN(c4ccccc4)CC3)CC2=O)c1. The molecular weight excluding hydrogens is 350 g/mol. The number of hydrogen-bond acceptors (Lipinski definition) is 3. The van der Waals surface area contributed by atoms with Gasteiger partial charge in [0.1, 0.15) is 0 Å². The number of amides is 2. The Morgan fingerprint density at radius 3 is 2.18 bits per heavy atom. The standard InChI is InChI=1S/C23H27N3O2/c1-17-12-18(2)14-21(13-17)26-16-19(15-22(26)27)23(28)25-10-8-24(9-11-25)20-6-4-3-5-7-20/h3-7,12-14,19H,8-11,15-16H2,1-2H3. The van der Waals surface area contributed by atoms with E-state index in [0.717, 1.165) is 29.9 Å². The molecule has 1 unspecified atom stereocenters. The molecule has 2 aliphatic rings. The van der Waals surface area contributed by atoms with E-state index in [1.165, 1.54) is 5.69 Å². The lowest BCUT2D eigenvalue weighted by Crippen LogP contribution is -2.50. The molecular formula is C23H27N3O2. The Kier molecular flexibility index (Phi) is 5.07. The van der Waals surface area contributed by atoms with Gasteiger partial charge in [-0.2, -0.15) is 0 Å². The van der Waals surface area contributed by atoms with Crippen molar-refractivity contribution in [1.29, 1.82) is 0 Å². The lowest BCUT2D eigenvalue weighted by molar-refractivity contribution is -0.136. The zero-order chi connectivity index (χ0) is 19.7. The summed E-state index contributed by atoms with van der Waals surface area (Å²) in [5.41, 5.74) is 4.38. The van der Waals surface area contributed by atoms with Gasteiger partial charge in [-0.3, -0.25) is 9.59 Å². The number of anilines is 2. The summed E-state index contributed by atoms with van der Waals surface area (Å²) < 4.78 is 0. The van der Waals surface area contributed by atoms with Gasteiger partial charge in [0.25, 0.3) is 0 Å². The van der Waals surface area contributed by atoms with Crippen molar-refractivity contribution in [2.24, 2.45) is 5.92 Å². The number of carbonyl (C=O) groups is 2. The second-order valence-electron chi connectivity index (χ2n) is 7.90. The molecule has 2 heterocycles. The molecule has 2 saturated heterocycles. The van der Waals surface area contributed by atoms with Gasteiger partial charge in [0.15, 0.2) is 0 Å². The topological polar surface area (TPSA) is 43.9 Å². The third kappa shape index (κ3) is 3.75. The number of carbonyl (C=O) groups excluding carboxylic acids is 2. The first-order valence-corrected chi connectivity index (χ1v) is 9.99. The highest BCUT2D eigenvalue weighted by molar-refractivity contribution is 6.00. The number of aryl methyl sites for hydroxylation is 2. The minimum Gasteiger partial charge on any atom is -0.368 e. The summed E-state index contributed by atoms with van der Waals surface area (Å²) in [6.45, 7) is 7.63. The van der Waals surface area contributed by atoms with Gasteiger partial charge in [-0.15, -0.1) is 0 Å². The summed E-state index contributed by atoms with van der Waals surface area (Å²) in [4.78, 5) is 31.6. The number of para-hydroxylation sites is 1. The monoisotopic (exact) mass is 377 g/mol. The van der Waals surface area contributed by atoms with Gasteiger partial charge >= 0.3 is 0 Å². The van der Waals surface area contributed by atoms with Crippen molar-refractivity contribution in [3.8, 4) is 0 Å². The van der Waals surface area contributed by atoms with Crippen molar-refractivity contribution in [2.45, 2.75) is 20.3 Å². The predicted octanol–water partition coefficient (Wildman–Crippen LogP) is 3.01. The third-order valence-corrected chi connectivity index (χ3v) is 5.71. The molecule has 0 aliphatic carbocycles. The van der Waals surface area contributed by atoms with E-state index in [-0.39, 0.29) is 17.7 Å². The summed E-state index contributed by atoms with van der Waals surface area (Å²) in [6.07, 6.45) is 0.310. The van der Waals surface area contributed by atoms with E-state index in [0.29, 0.717) is 26.1 Å². The number of nitrogens with zero attached hydrogens (tertiary/aromatic N) is 3. The summed E-state index contributed by atoms with van der Waals surface area (Å²) in [6, 6.07) is 16.5. The van der Waals surface area contributed by atoms with Crippen LogP contribution in [0.2, 0.25) is 0 Å². The summed E-state index contributed by atoms with van der Waals surface area (Å²) in [5.74, 6) is -0.0733. The van der Waals surface area contributed by atoms with E-state index in [1.54, 1.807) is 4.90 Å². The van der Waals surface area contributed by atoms with Crippen LogP contribution in [-0.4, -0.2) is 49.4 Å². The molecule has 2 aromatic rings. The van der Waals surface area contributed by atoms with E-state index < -0.39 is 0 Å². The molecule has 2 aromatic carbocycles. The maximum Gasteiger partial charge on any atom is 0.228 e. The maximum absolute atomic E-state index is 13.0. The molecule has 0 bridgehead atoms. The molecule has 5 nitrogen and oxygen atoms in total. The van der Waals surface area contributed by atoms with Crippen molar-refractivity contribution in [3.05, 3.63) is 59.7 Å². The van der Waals surface area contributed by atoms with E-state index in [1.807, 2.05) is 49.1 Å². The van der Waals surface area contributed by atoms with Crippen LogP contribution >= 0.6 is 0 Å². The van der Waals surface area contributed by atoms with Crippen molar-refractivity contribution in [3.63, 3.8) is 0 Å². The highest BCUT2D eigenvalue weighted by Gasteiger charge is 2.38. The van der Waals surface area contributed by atoms with Gasteiger partial charge in [0.05, 0.1) is 5.92 Å². The summed E-state index contributed by atoms with van der Waals surface area (Å²) in [5, 5.41) is 0. The van der Waals surface area contributed by atoms with Crippen LogP contribution in [0.25, 0.3) is 0 Å². The third-order valence-electron chi connectivity index (χ3n) is 5.71. The number of piperazine rings is 1. The second-order valence-corrected chi connectivity index (χ2v) is 7.90. The zero-order valence-electron chi connectivity index (χ0n) is 16.6. The number of hydrogen-bond donors (Lipinski definition) is 0. The van der Waals surface area contributed by atoms with Gasteiger partial charge in [-0.05, 0) is 49.2 Å². The Bertz CT molecular complexity index is 852. The first kappa shape index (κ1) is 18.5. The molecule has 2 amide bonds. The van der Waals surface area contributed by atoms with Crippen LogP contribution in [-0.2, 0) is 9.59 Å². The van der Waals surface area contributed by atoms with Crippen molar-refractivity contribution in [1.82, 2.24) is 4.90 Å². The van der Waals surface area contributed by atoms with E-state index in [9.17, 15) is 9.59 Å². The Labute approximate surface area is 166 Å². The van der Waals surface area contributed by atoms with Crippen LogP contribution in [0.3, 0.4) is 0 Å². The van der Waals surface area contributed by atoms with E-state index in [4.69, 9.17) is 0 Å². The average molecular weight is 377 g/mol. The van der Waals surface area contributed by atoms with Crippen molar-refractivity contribution in [2.75, 3.05) is 42.5 Å². The van der Waals surface area contributed by atoms with Crippen LogP contribution in [0, 0.1) is 19.8 Å². The van der Waals surface area contributed by atoms with Gasteiger partial charge in [0, 0.05) is 50.5 Å². The quantitative estimate of drug-likeness (QED) is 0.826. The Hall–Kier alpha value is -2.82. The van der Waals surface area contributed by atoms with E-state index in [2.05, 4.69) is 23.1 Å². The predicted molar refractivity (Wildman–Crippen MR) is 112 cm³/mol. The van der Waals surface area contributed by atoms with Gasteiger partial charge in [-0.25, -0.2) is 0 Å². The molecule has 0 N–H and O–H groups in total. The molecule has 5 heteroatoms. The van der Waals surface area contributed by atoms with Crippen molar-refractivity contribution < 1.29 is 9.59 Å². The fraction of sp³-hybridized carbons (Fsp3) is 0.391. The molecule has 0 radical (unpaired) electrons. The Morgan fingerprint density at radius 1 is 0.893 bits per heavy atom. The molecule has 28 heavy (non-hydrogen) atoms. The number of benzene rings is 2. The van der Waals surface area contributed by atoms with Crippen LogP contribution in [0.4, 0.5) is 11.4 Å². The van der Waals surface area contributed by atoms with Crippen LogP contribution < -0.4 is 9.80 Å².